The molecule has 1 amide bonds. The molecule has 1 aromatic carbocycles. The van der Waals surface area contributed by atoms with Crippen LogP contribution in [0, 0.1) is 0 Å². The van der Waals surface area contributed by atoms with Crippen LogP contribution in [0.5, 0.6) is 0 Å². The van der Waals surface area contributed by atoms with Crippen LogP contribution in [-0.4, -0.2) is 43.4 Å². The lowest BCUT2D eigenvalue weighted by Gasteiger charge is -2.32. The Hall–Kier alpha value is -3.02. The summed E-state index contributed by atoms with van der Waals surface area (Å²) in [6.07, 6.45) is 10.8. The summed E-state index contributed by atoms with van der Waals surface area (Å²) >= 11 is 0. The molecule has 0 bridgehead atoms. The zero-order chi connectivity index (χ0) is 17.1. The number of likely N-dealkylation sites (tertiary alicyclic amines) is 1. The molecular formula is C19H19N5O. The van der Waals surface area contributed by atoms with Crippen LogP contribution in [0.4, 0.5) is 0 Å². The number of rotatable bonds is 3. The highest BCUT2D eigenvalue weighted by Crippen LogP contribution is 2.26. The molecule has 0 saturated carbocycles. The third-order valence-electron chi connectivity index (χ3n) is 4.56. The maximum Gasteiger partial charge on any atom is 0.253 e. The second kappa shape index (κ2) is 6.84. The van der Waals surface area contributed by atoms with Gasteiger partial charge in [0.2, 0.25) is 0 Å². The summed E-state index contributed by atoms with van der Waals surface area (Å²) in [5.74, 6) is 1.04. The zero-order valence-corrected chi connectivity index (χ0v) is 13.8. The normalized spacial score (nSPS) is 17.4. The second-order valence-electron chi connectivity index (χ2n) is 6.23. The third-order valence-corrected chi connectivity index (χ3v) is 4.56. The number of carbonyl (C=O) groups is 1. The number of hydrogen-bond acceptors (Lipinski definition) is 4. The minimum Gasteiger partial charge on any atom is -0.338 e. The molecule has 6 heteroatoms. The minimum atomic E-state index is 0.0871. The van der Waals surface area contributed by atoms with E-state index in [1.54, 1.807) is 18.7 Å². The van der Waals surface area contributed by atoms with E-state index in [1.807, 2.05) is 52.2 Å². The first-order chi connectivity index (χ1) is 12.3. The van der Waals surface area contributed by atoms with Crippen LogP contribution < -0.4 is 0 Å². The van der Waals surface area contributed by atoms with Crippen LogP contribution in [0.25, 0.3) is 5.82 Å². The van der Waals surface area contributed by atoms with Gasteiger partial charge in [0, 0.05) is 43.2 Å². The molecule has 2 aromatic heterocycles. The fourth-order valence-corrected chi connectivity index (χ4v) is 3.25. The van der Waals surface area contributed by atoms with E-state index in [0.29, 0.717) is 6.54 Å². The van der Waals surface area contributed by atoms with Gasteiger partial charge in [-0.2, -0.15) is 0 Å². The first kappa shape index (κ1) is 15.5. The number of amides is 1. The van der Waals surface area contributed by atoms with Gasteiger partial charge in [-0.15, -0.1) is 0 Å². The summed E-state index contributed by atoms with van der Waals surface area (Å²) in [7, 11) is 0. The first-order valence-electron chi connectivity index (χ1n) is 8.46. The van der Waals surface area contributed by atoms with E-state index in [1.165, 1.54) is 0 Å². The maximum atomic E-state index is 12.7. The van der Waals surface area contributed by atoms with Gasteiger partial charge in [-0.25, -0.2) is 9.97 Å². The summed E-state index contributed by atoms with van der Waals surface area (Å²) in [5.41, 5.74) is 1.66. The van der Waals surface area contributed by atoms with Gasteiger partial charge >= 0.3 is 0 Å². The molecule has 3 heterocycles. The Morgan fingerprint density at radius 2 is 2.00 bits per heavy atom. The van der Waals surface area contributed by atoms with Gasteiger partial charge in [-0.1, -0.05) is 18.2 Å². The van der Waals surface area contributed by atoms with Crippen LogP contribution in [0.3, 0.4) is 0 Å². The summed E-state index contributed by atoms with van der Waals surface area (Å²) in [6, 6.07) is 9.45. The van der Waals surface area contributed by atoms with E-state index in [9.17, 15) is 4.79 Å². The number of imidazole rings is 1. The summed E-state index contributed by atoms with van der Waals surface area (Å²) in [5, 5.41) is 0. The van der Waals surface area contributed by atoms with E-state index < -0.39 is 0 Å². The van der Waals surface area contributed by atoms with E-state index in [2.05, 4.69) is 9.97 Å². The number of benzene rings is 1. The molecule has 0 unspecified atom stereocenters. The molecule has 0 N–H and O–H groups in total. The molecule has 6 nitrogen and oxygen atoms in total. The molecule has 25 heavy (non-hydrogen) atoms. The van der Waals surface area contributed by atoms with E-state index in [-0.39, 0.29) is 11.8 Å². The minimum absolute atomic E-state index is 0.0871. The molecule has 126 valence electrons. The molecule has 1 aliphatic heterocycles. The Morgan fingerprint density at radius 1 is 1.12 bits per heavy atom. The second-order valence-corrected chi connectivity index (χ2v) is 6.23. The quantitative estimate of drug-likeness (QED) is 0.739. The van der Waals surface area contributed by atoms with Gasteiger partial charge in [-0.05, 0) is 25.0 Å². The van der Waals surface area contributed by atoms with Crippen molar-refractivity contribution in [3.05, 3.63) is 72.7 Å². The van der Waals surface area contributed by atoms with Crippen molar-refractivity contribution in [1.29, 1.82) is 0 Å². The van der Waals surface area contributed by atoms with Gasteiger partial charge in [0.05, 0.1) is 11.9 Å². The smallest absolute Gasteiger partial charge is 0.253 e. The average Bonchev–Trinajstić information content (AvgIpc) is 3.23. The Morgan fingerprint density at radius 3 is 2.80 bits per heavy atom. The van der Waals surface area contributed by atoms with Crippen molar-refractivity contribution in [3.63, 3.8) is 0 Å². The highest BCUT2D eigenvalue weighted by atomic mass is 16.2. The van der Waals surface area contributed by atoms with Crippen LogP contribution in [0.1, 0.15) is 34.8 Å². The molecule has 1 aliphatic rings. The lowest BCUT2D eigenvalue weighted by Crippen LogP contribution is -2.39. The number of aromatic nitrogens is 4. The first-order valence-corrected chi connectivity index (χ1v) is 8.46. The van der Waals surface area contributed by atoms with Crippen molar-refractivity contribution in [2.24, 2.45) is 0 Å². The summed E-state index contributed by atoms with van der Waals surface area (Å²) < 4.78 is 1.84. The molecule has 1 saturated heterocycles. The third kappa shape index (κ3) is 3.28. The van der Waals surface area contributed by atoms with Crippen molar-refractivity contribution in [1.82, 2.24) is 24.4 Å². The molecule has 4 rings (SSSR count). The summed E-state index contributed by atoms with van der Waals surface area (Å²) in [6.45, 7) is 1.47. The zero-order valence-electron chi connectivity index (χ0n) is 13.8. The Bertz CT molecular complexity index is 847. The SMILES string of the molecule is O=C(c1ccccc1)N1CCC[C@@H](c2cncc(-n3ccnc3)n2)C1. The van der Waals surface area contributed by atoms with Gasteiger partial charge in [0.25, 0.3) is 5.91 Å². The molecule has 1 atom stereocenters. The highest BCUT2D eigenvalue weighted by molar-refractivity contribution is 5.94. The molecule has 0 spiro atoms. The molecule has 0 aliphatic carbocycles. The van der Waals surface area contributed by atoms with Crippen LogP contribution in [0.15, 0.2) is 61.4 Å². The van der Waals surface area contributed by atoms with Crippen molar-refractivity contribution in [2.75, 3.05) is 13.1 Å². The van der Waals surface area contributed by atoms with E-state index >= 15 is 0 Å². The monoisotopic (exact) mass is 333 g/mol. The van der Waals surface area contributed by atoms with Crippen molar-refractivity contribution in [3.8, 4) is 5.82 Å². The van der Waals surface area contributed by atoms with Crippen LogP contribution in [-0.2, 0) is 0 Å². The topological polar surface area (TPSA) is 63.9 Å². The fourth-order valence-electron chi connectivity index (χ4n) is 3.25. The average molecular weight is 333 g/mol. The molecule has 3 aromatic rings. The number of piperidine rings is 1. The molecular weight excluding hydrogens is 314 g/mol. The standard InChI is InChI=1S/C19H19N5O/c25-19(15-5-2-1-3-6-15)23-9-4-7-16(13-23)17-11-21-12-18(22-17)24-10-8-20-14-24/h1-3,5-6,8,10-12,14,16H,4,7,9,13H2/t16-/m1/s1. The Kier molecular flexibility index (Phi) is 4.24. The predicted molar refractivity (Wildman–Crippen MR) is 93.5 cm³/mol. The van der Waals surface area contributed by atoms with Crippen LogP contribution >= 0.6 is 0 Å². The van der Waals surface area contributed by atoms with Crippen molar-refractivity contribution in [2.45, 2.75) is 18.8 Å². The van der Waals surface area contributed by atoms with Gasteiger partial charge in [0.1, 0.15) is 6.33 Å². The number of carbonyl (C=O) groups excluding carboxylic acids is 1. The molecule has 0 radical (unpaired) electrons. The largest absolute Gasteiger partial charge is 0.338 e. The van der Waals surface area contributed by atoms with Gasteiger partial charge in [0.15, 0.2) is 5.82 Å². The van der Waals surface area contributed by atoms with Crippen LogP contribution in [0.2, 0.25) is 0 Å². The number of nitrogens with zero attached hydrogens (tertiary/aromatic N) is 5. The number of hydrogen-bond donors (Lipinski definition) is 0. The van der Waals surface area contributed by atoms with Crippen molar-refractivity contribution < 1.29 is 4.79 Å². The Labute approximate surface area is 146 Å². The lowest BCUT2D eigenvalue weighted by atomic mass is 9.94. The van der Waals surface area contributed by atoms with Crippen molar-refractivity contribution >= 4 is 5.91 Å². The fraction of sp³-hybridized carbons (Fsp3) is 0.263. The van der Waals surface area contributed by atoms with E-state index in [4.69, 9.17) is 4.98 Å². The maximum absolute atomic E-state index is 12.7. The lowest BCUT2D eigenvalue weighted by molar-refractivity contribution is 0.0706. The van der Waals surface area contributed by atoms with Gasteiger partial charge in [-0.3, -0.25) is 14.3 Å². The van der Waals surface area contributed by atoms with E-state index in [0.717, 1.165) is 36.5 Å². The summed E-state index contributed by atoms with van der Waals surface area (Å²) in [4.78, 5) is 27.7. The predicted octanol–water partition coefficient (Wildman–Crippen LogP) is 2.68. The molecule has 1 fully saturated rings. The highest BCUT2D eigenvalue weighted by Gasteiger charge is 2.26. The van der Waals surface area contributed by atoms with Gasteiger partial charge < -0.3 is 4.90 Å². The Balaban J connectivity index is 1.54.